The zero-order chi connectivity index (χ0) is 24.4. The smallest absolute Gasteiger partial charge is 0.0594 e. The minimum absolute atomic E-state index is 0.0411. The number of aliphatic hydroxyl groups is 1. The molecule has 0 heterocycles. The number of rotatable bonds is 6. The van der Waals surface area contributed by atoms with Crippen molar-refractivity contribution in [2.45, 2.75) is 133 Å². The zero-order valence-corrected chi connectivity index (χ0v) is 23.6. The topological polar surface area (TPSA) is 20.2 Å². The van der Waals surface area contributed by atoms with E-state index in [1.165, 1.54) is 57.8 Å². The van der Waals surface area contributed by atoms with Crippen LogP contribution in [0.3, 0.4) is 0 Å². The molecule has 0 aliphatic heterocycles. The third-order valence-corrected chi connectivity index (χ3v) is 13.0. The van der Waals surface area contributed by atoms with E-state index in [0.29, 0.717) is 22.2 Å². The van der Waals surface area contributed by atoms with E-state index in [4.69, 9.17) is 0 Å². The van der Waals surface area contributed by atoms with Gasteiger partial charge in [-0.25, -0.2) is 0 Å². The summed E-state index contributed by atoms with van der Waals surface area (Å²) in [6.45, 7) is 22.5. The predicted octanol–water partition coefficient (Wildman–Crippen LogP) is 9.05. The SMILES string of the molecule is CC[C@H](CC[C@@H](C)[C@H]1CC[C@@]2(C)[C@@H]3CC[C@H]4C(C)(C)[C@@H](O)CC[C@]4(C)C3=CC[C@]12C)C(C)C. The Morgan fingerprint density at radius 2 is 1.61 bits per heavy atom. The lowest BCUT2D eigenvalue weighted by molar-refractivity contribution is -0.118. The van der Waals surface area contributed by atoms with E-state index < -0.39 is 0 Å². The molecule has 0 aromatic heterocycles. The van der Waals surface area contributed by atoms with Gasteiger partial charge < -0.3 is 5.11 Å². The lowest BCUT2D eigenvalue weighted by Gasteiger charge is -2.64. The first-order valence-corrected chi connectivity index (χ1v) is 14.7. The molecule has 0 bridgehead atoms. The van der Waals surface area contributed by atoms with Crippen LogP contribution in [-0.2, 0) is 0 Å². The second-order valence-electron chi connectivity index (χ2n) is 14.8. The maximum atomic E-state index is 10.8. The van der Waals surface area contributed by atoms with Crippen LogP contribution < -0.4 is 0 Å². The summed E-state index contributed by atoms with van der Waals surface area (Å²) in [5.41, 5.74) is 3.06. The molecule has 0 spiro atoms. The lowest BCUT2D eigenvalue weighted by atomic mass is 9.41. The van der Waals surface area contributed by atoms with Crippen molar-refractivity contribution in [1.29, 1.82) is 0 Å². The van der Waals surface area contributed by atoms with Crippen LogP contribution in [-0.4, -0.2) is 11.2 Å². The summed E-state index contributed by atoms with van der Waals surface area (Å²) in [5.74, 6) is 4.82. The molecule has 0 radical (unpaired) electrons. The van der Waals surface area contributed by atoms with Gasteiger partial charge in [-0.2, -0.15) is 0 Å². The van der Waals surface area contributed by atoms with Gasteiger partial charge >= 0.3 is 0 Å². The van der Waals surface area contributed by atoms with E-state index in [1.807, 2.05) is 5.57 Å². The summed E-state index contributed by atoms with van der Waals surface area (Å²) in [5, 5.41) is 10.8. The Kier molecular flexibility index (Phi) is 6.77. The number of fused-ring (bicyclic) bond motifs is 5. The van der Waals surface area contributed by atoms with Gasteiger partial charge in [0.25, 0.3) is 0 Å². The molecule has 0 aromatic rings. The second-order valence-corrected chi connectivity index (χ2v) is 14.8. The molecule has 3 saturated carbocycles. The summed E-state index contributed by atoms with van der Waals surface area (Å²) in [6.07, 6.45) is 15.8. The Morgan fingerprint density at radius 1 is 0.909 bits per heavy atom. The monoisotopic (exact) mass is 456 g/mol. The standard InChI is InChI=1S/C32H56O/c1-10-23(21(2)3)12-11-22(4)24-15-19-32(9)26-13-14-27-29(5,6)28(33)17-18-30(27,7)25(26)16-20-31(24,32)8/h16,21-24,26-28,33H,10-15,17-20H2,1-9H3/t22-,23-,24-,26-,27+,28+,30-,31-,32+/m1/s1. The molecular formula is C32H56O. The van der Waals surface area contributed by atoms with Crippen LogP contribution in [0, 0.1) is 57.2 Å². The second kappa shape index (κ2) is 8.67. The molecule has 190 valence electrons. The highest BCUT2D eigenvalue weighted by Crippen LogP contribution is 2.73. The first-order chi connectivity index (χ1) is 15.3. The maximum absolute atomic E-state index is 10.8. The molecular weight excluding hydrogens is 400 g/mol. The van der Waals surface area contributed by atoms with E-state index in [2.05, 4.69) is 68.4 Å². The van der Waals surface area contributed by atoms with Crippen molar-refractivity contribution in [3.8, 4) is 0 Å². The fourth-order valence-corrected chi connectivity index (χ4v) is 10.4. The van der Waals surface area contributed by atoms with Gasteiger partial charge in [-0.05, 0) is 109 Å². The molecule has 1 nitrogen and oxygen atoms in total. The van der Waals surface area contributed by atoms with Crippen molar-refractivity contribution in [1.82, 2.24) is 0 Å². The van der Waals surface area contributed by atoms with Gasteiger partial charge in [-0.15, -0.1) is 0 Å². The zero-order valence-electron chi connectivity index (χ0n) is 23.6. The summed E-state index contributed by atoms with van der Waals surface area (Å²) in [7, 11) is 0. The van der Waals surface area contributed by atoms with Gasteiger partial charge in [-0.3, -0.25) is 0 Å². The average molecular weight is 457 g/mol. The largest absolute Gasteiger partial charge is 0.393 e. The minimum Gasteiger partial charge on any atom is -0.393 e. The van der Waals surface area contributed by atoms with Crippen LogP contribution in [0.2, 0.25) is 0 Å². The van der Waals surface area contributed by atoms with Crippen LogP contribution in [0.4, 0.5) is 0 Å². The number of allylic oxidation sites excluding steroid dienone is 2. The predicted molar refractivity (Wildman–Crippen MR) is 142 cm³/mol. The maximum Gasteiger partial charge on any atom is 0.0594 e. The molecule has 1 heteroatoms. The lowest BCUT2D eigenvalue weighted by Crippen LogP contribution is -2.57. The molecule has 33 heavy (non-hydrogen) atoms. The van der Waals surface area contributed by atoms with E-state index in [1.54, 1.807) is 0 Å². The molecule has 0 saturated heterocycles. The fraction of sp³-hybridized carbons (Fsp3) is 0.938. The molecule has 0 unspecified atom stereocenters. The van der Waals surface area contributed by atoms with Gasteiger partial charge in [-0.1, -0.05) is 86.8 Å². The molecule has 4 aliphatic rings. The Bertz CT molecular complexity index is 748. The van der Waals surface area contributed by atoms with Crippen molar-refractivity contribution in [3.05, 3.63) is 11.6 Å². The van der Waals surface area contributed by atoms with Crippen molar-refractivity contribution in [2.24, 2.45) is 57.2 Å². The summed E-state index contributed by atoms with van der Waals surface area (Å²) >= 11 is 0. The molecule has 9 atom stereocenters. The molecule has 0 amide bonds. The normalized spacial score (nSPS) is 46.2. The molecule has 3 fully saturated rings. The van der Waals surface area contributed by atoms with Crippen LogP contribution in [0.25, 0.3) is 0 Å². The van der Waals surface area contributed by atoms with Crippen LogP contribution in [0.1, 0.15) is 127 Å². The van der Waals surface area contributed by atoms with E-state index in [0.717, 1.165) is 36.0 Å². The molecule has 1 N–H and O–H groups in total. The fourth-order valence-electron chi connectivity index (χ4n) is 10.4. The highest BCUT2D eigenvalue weighted by Gasteiger charge is 2.65. The summed E-state index contributed by atoms with van der Waals surface area (Å²) in [6, 6.07) is 0. The number of aliphatic hydroxyl groups excluding tert-OH is 1. The summed E-state index contributed by atoms with van der Waals surface area (Å²) < 4.78 is 0. The third kappa shape index (κ3) is 3.72. The Labute approximate surface area is 206 Å². The van der Waals surface area contributed by atoms with Gasteiger partial charge in [0, 0.05) is 0 Å². The quantitative estimate of drug-likeness (QED) is 0.395. The number of hydrogen-bond donors (Lipinski definition) is 1. The van der Waals surface area contributed by atoms with Crippen molar-refractivity contribution >= 4 is 0 Å². The third-order valence-electron chi connectivity index (χ3n) is 13.0. The first-order valence-electron chi connectivity index (χ1n) is 14.7. The molecule has 0 aromatic carbocycles. The number of hydrogen-bond acceptors (Lipinski definition) is 1. The van der Waals surface area contributed by atoms with E-state index in [-0.39, 0.29) is 11.5 Å². The van der Waals surface area contributed by atoms with Gasteiger partial charge in [0.15, 0.2) is 0 Å². The first kappa shape index (κ1) is 25.8. The highest BCUT2D eigenvalue weighted by atomic mass is 16.3. The van der Waals surface area contributed by atoms with Crippen molar-refractivity contribution < 1.29 is 5.11 Å². The Balaban J connectivity index is 1.59. The minimum atomic E-state index is -0.133. The molecule has 4 aliphatic carbocycles. The van der Waals surface area contributed by atoms with Crippen LogP contribution in [0.15, 0.2) is 11.6 Å². The average Bonchev–Trinajstić information content (AvgIpc) is 3.03. The van der Waals surface area contributed by atoms with Crippen molar-refractivity contribution in [3.63, 3.8) is 0 Å². The van der Waals surface area contributed by atoms with Gasteiger partial charge in [0.05, 0.1) is 6.10 Å². The van der Waals surface area contributed by atoms with Crippen LogP contribution >= 0.6 is 0 Å². The Morgan fingerprint density at radius 3 is 2.24 bits per heavy atom. The van der Waals surface area contributed by atoms with Crippen molar-refractivity contribution in [2.75, 3.05) is 0 Å². The molecule has 4 rings (SSSR count). The van der Waals surface area contributed by atoms with Crippen LogP contribution in [0.5, 0.6) is 0 Å². The Hall–Kier alpha value is -0.300. The highest BCUT2D eigenvalue weighted by molar-refractivity contribution is 5.32. The van der Waals surface area contributed by atoms with E-state index in [9.17, 15) is 5.11 Å². The van der Waals surface area contributed by atoms with Gasteiger partial charge in [0.1, 0.15) is 0 Å². The van der Waals surface area contributed by atoms with Gasteiger partial charge in [0.2, 0.25) is 0 Å². The summed E-state index contributed by atoms with van der Waals surface area (Å²) in [4.78, 5) is 0. The van der Waals surface area contributed by atoms with E-state index >= 15 is 0 Å².